The summed E-state index contributed by atoms with van der Waals surface area (Å²) in [6.45, 7) is 9.40. The van der Waals surface area contributed by atoms with Crippen LogP contribution in [0.3, 0.4) is 0 Å². The zero-order chi connectivity index (χ0) is 17.6. The molecule has 0 spiro atoms. The summed E-state index contributed by atoms with van der Waals surface area (Å²) in [5.74, 6) is -0.723. The molecule has 4 nitrogen and oxygen atoms in total. The summed E-state index contributed by atoms with van der Waals surface area (Å²) in [7, 11) is 0. The molecule has 1 N–H and O–H groups in total. The van der Waals surface area contributed by atoms with E-state index in [4.69, 9.17) is 23.2 Å². The second-order valence-corrected chi connectivity index (χ2v) is 6.62. The fourth-order valence-corrected chi connectivity index (χ4v) is 2.78. The lowest BCUT2D eigenvalue weighted by Gasteiger charge is -2.28. The van der Waals surface area contributed by atoms with Gasteiger partial charge in [-0.1, -0.05) is 30.1 Å². The van der Waals surface area contributed by atoms with Gasteiger partial charge in [0, 0.05) is 24.3 Å². The Hall–Kier alpha value is -1.26. The number of carbonyl (C=O) groups excluding carboxylic acids is 2. The minimum Gasteiger partial charge on any atom is -0.372 e. The van der Waals surface area contributed by atoms with Crippen LogP contribution in [0.2, 0.25) is 0 Å². The first-order valence-corrected chi connectivity index (χ1v) is 8.66. The van der Waals surface area contributed by atoms with E-state index in [1.54, 1.807) is 26.0 Å². The fraction of sp³-hybridized carbons (Fsp3) is 0.529. The van der Waals surface area contributed by atoms with E-state index < -0.39 is 16.2 Å². The third kappa shape index (κ3) is 4.85. The van der Waals surface area contributed by atoms with Crippen molar-refractivity contribution in [3.8, 4) is 0 Å². The van der Waals surface area contributed by atoms with Crippen LogP contribution in [-0.4, -0.2) is 35.2 Å². The molecule has 0 bridgehead atoms. The van der Waals surface area contributed by atoms with Gasteiger partial charge in [-0.05, 0) is 51.5 Å². The maximum atomic E-state index is 12.4. The van der Waals surface area contributed by atoms with Crippen LogP contribution in [0.5, 0.6) is 0 Å². The Morgan fingerprint density at radius 3 is 2.04 bits per heavy atom. The molecule has 0 radical (unpaired) electrons. The Morgan fingerprint density at radius 1 is 1.13 bits per heavy atom. The van der Waals surface area contributed by atoms with E-state index in [0.717, 1.165) is 18.8 Å². The quantitative estimate of drug-likeness (QED) is 0.718. The van der Waals surface area contributed by atoms with E-state index in [1.807, 2.05) is 12.1 Å². The smallest absolute Gasteiger partial charge is 0.252 e. The summed E-state index contributed by atoms with van der Waals surface area (Å²) < 4.78 is 0. The summed E-state index contributed by atoms with van der Waals surface area (Å²) >= 11 is 11.3. The molecule has 1 atom stereocenters. The third-order valence-corrected chi connectivity index (χ3v) is 4.49. The average Bonchev–Trinajstić information content (AvgIpc) is 2.55. The molecule has 0 aliphatic heterocycles. The SMILES string of the molecule is CCN(CC)c1ccc(C(=O)NC(C)(CC)C(=O)C(Cl)Cl)cc1. The lowest BCUT2D eigenvalue weighted by Crippen LogP contribution is -2.53. The Bertz CT molecular complexity index is 542. The first-order valence-electron chi connectivity index (χ1n) is 7.79. The Morgan fingerprint density at radius 2 is 1.65 bits per heavy atom. The molecular formula is C17H24Cl2N2O2. The number of anilines is 1. The molecule has 128 valence electrons. The Labute approximate surface area is 148 Å². The van der Waals surface area contributed by atoms with Gasteiger partial charge in [-0.15, -0.1) is 0 Å². The van der Waals surface area contributed by atoms with Gasteiger partial charge in [0.2, 0.25) is 0 Å². The fourth-order valence-electron chi connectivity index (χ4n) is 2.30. The van der Waals surface area contributed by atoms with E-state index in [1.165, 1.54) is 0 Å². The molecule has 0 aliphatic rings. The molecule has 1 aromatic carbocycles. The normalized spacial score (nSPS) is 13.5. The first kappa shape index (κ1) is 19.8. The van der Waals surface area contributed by atoms with E-state index in [-0.39, 0.29) is 5.91 Å². The maximum absolute atomic E-state index is 12.4. The second kappa shape index (κ2) is 8.55. The number of amides is 1. The predicted octanol–water partition coefficient (Wildman–Crippen LogP) is 3.80. The van der Waals surface area contributed by atoms with Crippen molar-refractivity contribution in [1.82, 2.24) is 5.32 Å². The van der Waals surface area contributed by atoms with Crippen molar-refractivity contribution < 1.29 is 9.59 Å². The van der Waals surface area contributed by atoms with Crippen LogP contribution in [0.4, 0.5) is 5.69 Å². The molecule has 6 heteroatoms. The van der Waals surface area contributed by atoms with Gasteiger partial charge in [-0.25, -0.2) is 0 Å². The molecule has 0 saturated carbocycles. The monoisotopic (exact) mass is 358 g/mol. The van der Waals surface area contributed by atoms with Gasteiger partial charge < -0.3 is 10.2 Å². The number of halogens is 2. The molecule has 1 amide bonds. The number of ketones is 1. The molecule has 1 rings (SSSR count). The number of hydrogen-bond donors (Lipinski definition) is 1. The Kier molecular flexibility index (Phi) is 7.36. The summed E-state index contributed by atoms with van der Waals surface area (Å²) in [6, 6.07) is 7.31. The van der Waals surface area contributed by atoms with E-state index in [2.05, 4.69) is 24.1 Å². The highest BCUT2D eigenvalue weighted by Crippen LogP contribution is 2.20. The van der Waals surface area contributed by atoms with E-state index in [9.17, 15) is 9.59 Å². The van der Waals surface area contributed by atoms with Crippen molar-refractivity contribution >= 4 is 40.6 Å². The zero-order valence-corrected chi connectivity index (χ0v) is 15.5. The highest BCUT2D eigenvalue weighted by Gasteiger charge is 2.36. The summed E-state index contributed by atoms with van der Waals surface area (Å²) in [5, 5.41) is 2.75. The van der Waals surface area contributed by atoms with Crippen molar-refractivity contribution in [3.05, 3.63) is 29.8 Å². The van der Waals surface area contributed by atoms with Crippen LogP contribution in [0.1, 0.15) is 44.5 Å². The zero-order valence-electron chi connectivity index (χ0n) is 14.0. The van der Waals surface area contributed by atoms with Gasteiger partial charge in [-0.3, -0.25) is 9.59 Å². The van der Waals surface area contributed by atoms with Crippen molar-refractivity contribution in [2.75, 3.05) is 18.0 Å². The lowest BCUT2D eigenvalue weighted by molar-refractivity contribution is -0.123. The first-order chi connectivity index (χ1) is 10.8. The number of rotatable bonds is 8. The number of alkyl halides is 2. The number of hydrogen-bond acceptors (Lipinski definition) is 3. The van der Waals surface area contributed by atoms with Gasteiger partial charge in [0.1, 0.15) is 0 Å². The van der Waals surface area contributed by atoms with Crippen molar-refractivity contribution in [2.24, 2.45) is 0 Å². The molecule has 23 heavy (non-hydrogen) atoms. The highest BCUT2D eigenvalue weighted by atomic mass is 35.5. The standard InChI is InChI=1S/C17H24Cl2N2O2/c1-5-17(4,14(22)15(18)19)20-16(23)12-8-10-13(11-9-12)21(6-2)7-3/h8-11,15H,5-7H2,1-4H3,(H,20,23). The van der Waals surface area contributed by atoms with Crippen LogP contribution in [-0.2, 0) is 4.79 Å². The molecular weight excluding hydrogens is 335 g/mol. The summed E-state index contributed by atoms with van der Waals surface area (Å²) in [5.41, 5.74) is 0.472. The summed E-state index contributed by atoms with van der Waals surface area (Å²) in [4.78, 5) is 25.5. The van der Waals surface area contributed by atoms with Gasteiger partial charge >= 0.3 is 0 Å². The van der Waals surface area contributed by atoms with Gasteiger partial charge in [-0.2, -0.15) is 0 Å². The van der Waals surface area contributed by atoms with Gasteiger partial charge in [0.05, 0.1) is 5.54 Å². The van der Waals surface area contributed by atoms with E-state index >= 15 is 0 Å². The number of Topliss-reactive ketones (excluding diaryl/α,β-unsaturated/α-hetero) is 1. The van der Waals surface area contributed by atoms with Crippen molar-refractivity contribution in [1.29, 1.82) is 0 Å². The van der Waals surface area contributed by atoms with Crippen LogP contribution >= 0.6 is 23.2 Å². The Balaban J connectivity index is 2.91. The topological polar surface area (TPSA) is 49.4 Å². The van der Waals surface area contributed by atoms with Gasteiger partial charge in [0.15, 0.2) is 10.6 Å². The molecule has 0 aliphatic carbocycles. The lowest BCUT2D eigenvalue weighted by atomic mass is 9.93. The van der Waals surface area contributed by atoms with Crippen LogP contribution < -0.4 is 10.2 Å². The maximum Gasteiger partial charge on any atom is 0.252 e. The molecule has 0 saturated heterocycles. The van der Waals surface area contributed by atoms with Crippen LogP contribution in [0.25, 0.3) is 0 Å². The average molecular weight is 359 g/mol. The molecule has 0 heterocycles. The van der Waals surface area contributed by atoms with Crippen LogP contribution in [0, 0.1) is 0 Å². The van der Waals surface area contributed by atoms with E-state index in [0.29, 0.717) is 12.0 Å². The number of nitrogens with zero attached hydrogens (tertiary/aromatic N) is 1. The second-order valence-electron chi connectivity index (χ2n) is 5.52. The number of benzene rings is 1. The minimum absolute atomic E-state index is 0.317. The highest BCUT2D eigenvalue weighted by molar-refractivity contribution is 6.54. The largest absolute Gasteiger partial charge is 0.372 e. The van der Waals surface area contributed by atoms with Gasteiger partial charge in [0.25, 0.3) is 5.91 Å². The summed E-state index contributed by atoms with van der Waals surface area (Å²) in [6.07, 6.45) is 0.408. The molecule has 1 aromatic rings. The molecule has 0 aromatic heterocycles. The number of carbonyl (C=O) groups is 2. The predicted molar refractivity (Wildman–Crippen MR) is 96.7 cm³/mol. The van der Waals surface area contributed by atoms with Crippen molar-refractivity contribution in [2.45, 2.75) is 44.5 Å². The number of nitrogens with one attached hydrogen (secondary N) is 1. The minimum atomic E-state index is -1.16. The van der Waals surface area contributed by atoms with Crippen LogP contribution in [0.15, 0.2) is 24.3 Å². The third-order valence-electron chi connectivity index (χ3n) is 4.10. The van der Waals surface area contributed by atoms with Crippen molar-refractivity contribution in [3.63, 3.8) is 0 Å². The molecule has 0 fully saturated rings. The molecule has 1 unspecified atom stereocenters.